The zero-order valence-electron chi connectivity index (χ0n) is 26.0. The van der Waals surface area contributed by atoms with Crippen molar-refractivity contribution < 1.29 is 39.8 Å². The van der Waals surface area contributed by atoms with Crippen LogP contribution in [0.2, 0.25) is 0 Å². The normalized spacial score (nSPS) is 24.6. The van der Waals surface area contributed by atoms with Crippen molar-refractivity contribution in [3.63, 3.8) is 0 Å². The van der Waals surface area contributed by atoms with E-state index in [9.17, 15) is 30.3 Å². The minimum atomic E-state index is -1.56. The van der Waals surface area contributed by atoms with E-state index in [1.807, 2.05) is 13.0 Å². The Morgan fingerprint density at radius 1 is 0.810 bits per heavy atom. The summed E-state index contributed by atoms with van der Waals surface area (Å²) in [5, 5.41) is 53.0. The second kappa shape index (κ2) is 24.8. The molecule has 1 fully saturated rings. The molecule has 9 nitrogen and oxygen atoms in total. The molecule has 1 rings (SSSR count). The van der Waals surface area contributed by atoms with E-state index in [0.717, 1.165) is 57.8 Å². The summed E-state index contributed by atoms with van der Waals surface area (Å²) in [5.41, 5.74) is 0. The molecule has 0 aromatic heterocycles. The molecule has 0 spiro atoms. The summed E-state index contributed by atoms with van der Waals surface area (Å²) in [6, 6.07) is -0.805. The van der Waals surface area contributed by atoms with Gasteiger partial charge in [-0.2, -0.15) is 0 Å². The van der Waals surface area contributed by atoms with Gasteiger partial charge in [-0.1, -0.05) is 95.2 Å². The van der Waals surface area contributed by atoms with Crippen LogP contribution in [-0.2, 0) is 14.3 Å². The van der Waals surface area contributed by atoms with E-state index < -0.39 is 49.5 Å². The summed E-state index contributed by atoms with van der Waals surface area (Å²) in [7, 11) is 0. The molecular formula is C33H59NO8. The van der Waals surface area contributed by atoms with Crippen LogP contribution in [-0.4, -0.2) is 87.5 Å². The average Bonchev–Trinajstić information content (AvgIpc) is 2.98. The topological polar surface area (TPSA) is 149 Å². The van der Waals surface area contributed by atoms with Crippen molar-refractivity contribution in [3.8, 4) is 0 Å². The highest BCUT2D eigenvalue weighted by atomic mass is 16.7. The minimum absolute atomic E-state index is 0.200. The summed E-state index contributed by atoms with van der Waals surface area (Å²) in [6.45, 7) is 3.48. The van der Waals surface area contributed by atoms with Crippen LogP contribution < -0.4 is 5.32 Å². The van der Waals surface area contributed by atoms with E-state index >= 15 is 0 Å². The summed E-state index contributed by atoms with van der Waals surface area (Å²) >= 11 is 0. The van der Waals surface area contributed by atoms with Gasteiger partial charge in [0.25, 0.3) is 0 Å². The van der Waals surface area contributed by atoms with Gasteiger partial charge in [-0.25, -0.2) is 0 Å². The number of carbonyl (C=O) groups excluding carboxylic acids is 1. The van der Waals surface area contributed by atoms with Crippen LogP contribution in [0.4, 0.5) is 0 Å². The molecule has 0 bridgehead atoms. The van der Waals surface area contributed by atoms with Crippen molar-refractivity contribution in [2.24, 2.45) is 0 Å². The fourth-order valence-corrected chi connectivity index (χ4v) is 4.72. The predicted octanol–water partition coefficient (Wildman–Crippen LogP) is 4.21. The third-order valence-corrected chi connectivity index (χ3v) is 7.44. The molecule has 0 aromatic carbocycles. The maximum atomic E-state index is 12.6. The number of unbranched alkanes of at least 4 members (excludes halogenated alkanes) is 10. The molecule has 1 aliphatic heterocycles. The lowest BCUT2D eigenvalue weighted by Gasteiger charge is -2.40. The second-order valence-electron chi connectivity index (χ2n) is 11.2. The number of carbonyl (C=O) groups is 1. The Morgan fingerprint density at radius 2 is 1.45 bits per heavy atom. The molecule has 1 heterocycles. The standard InChI is InChI=1S/C33H59NO8/c1-3-5-7-8-9-10-11-12-13-14-15-16-17-18-19-21-23-29(37)34-26(27(36)22-20-6-4-2)25-41-33-32(40)31(39)30(38)28(24-35)42-33/h10-11,13-14,20,22,26-28,30-33,35-36,38-40H,3-9,12,15-19,21,23-25H2,1-2H3,(H,34,37)/b11-10-,14-13-,22-20+. The minimum Gasteiger partial charge on any atom is -0.394 e. The van der Waals surface area contributed by atoms with E-state index in [1.165, 1.54) is 32.1 Å². The predicted molar refractivity (Wildman–Crippen MR) is 166 cm³/mol. The highest BCUT2D eigenvalue weighted by Crippen LogP contribution is 2.22. The summed E-state index contributed by atoms with van der Waals surface area (Å²) in [6.07, 6.45) is 19.9. The highest BCUT2D eigenvalue weighted by Gasteiger charge is 2.44. The Morgan fingerprint density at radius 3 is 2.10 bits per heavy atom. The van der Waals surface area contributed by atoms with Gasteiger partial charge < -0.3 is 40.3 Å². The average molecular weight is 598 g/mol. The summed E-state index contributed by atoms with van der Waals surface area (Å²) in [5.74, 6) is -0.207. The van der Waals surface area contributed by atoms with E-state index in [4.69, 9.17) is 9.47 Å². The van der Waals surface area contributed by atoms with Gasteiger partial charge in [-0.05, 0) is 44.9 Å². The van der Waals surface area contributed by atoms with Crippen molar-refractivity contribution in [2.45, 2.75) is 153 Å². The van der Waals surface area contributed by atoms with Gasteiger partial charge in [-0.15, -0.1) is 0 Å². The molecule has 1 aliphatic rings. The molecule has 7 unspecified atom stereocenters. The van der Waals surface area contributed by atoms with E-state index in [0.29, 0.717) is 6.42 Å². The zero-order valence-corrected chi connectivity index (χ0v) is 26.0. The van der Waals surface area contributed by atoms with Gasteiger partial charge in [-0.3, -0.25) is 4.79 Å². The highest BCUT2D eigenvalue weighted by molar-refractivity contribution is 5.76. The first kappa shape index (κ1) is 38.4. The van der Waals surface area contributed by atoms with Gasteiger partial charge in [0.1, 0.15) is 24.4 Å². The number of hydrogen-bond donors (Lipinski definition) is 6. The molecule has 0 saturated carbocycles. The molecule has 0 radical (unpaired) electrons. The van der Waals surface area contributed by atoms with Crippen molar-refractivity contribution >= 4 is 5.91 Å². The van der Waals surface area contributed by atoms with Crippen molar-refractivity contribution in [1.82, 2.24) is 5.32 Å². The van der Waals surface area contributed by atoms with Crippen LogP contribution in [0.1, 0.15) is 110 Å². The van der Waals surface area contributed by atoms with E-state index in [1.54, 1.807) is 6.08 Å². The Labute approximate surface area is 253 Å². The number of rotatable bonds is 24. The van der Waals surface area contributed by atoms with Gasteiger partial charge >= 0.3 is 0 Å². The lowest BCUT2D eigenvalue weighted by atomic mass is 9.99. The molecule has 42 heavy (non-hydrogen) atoms. The van der Waals surface area contributed by atoms with Gasteiger partial charge in [0, 0.05) is 6.42 Å². The lowest BCUT2D eigenvalue weighted by molar-refractivity contribution is -0.302. The summed E-state index contributed by atoms with van der Waals surface area (Å²) in [4.78, 5) is 12.6. The molecule has 6 N–H and O–H groups in total. The fourth-order valence-electron chi connectivity index (χ4n) is 4.72. The first-order chi connectivity index (χ1) is 20.3. The number of nitrogens with one attached hydrogen (secondary N) is 1. The van der Waals surface area contributed by atoms with Crippen molar-refractivity contribution in [2.75, 3.05) is 13.2 Å². The number of hydrogen-bond acceptors (Lipinski definition) is 8. The molecule has 0 aliphatic carbocycles. The molecule has 9 heteroatoms. The van der Waals surface area contributed by atoms with Crippen LogP contribution in [0, 0.1) is 0 Å². The smallest absolute Gasteiger partial charge is 0.220 e. The van der Waals surface area contributed by atoms with Crippen LogP contribution >= 0.6 is 0 Å². The maximum absolute atomic E-state index is 12.6. The maximum Gasteiger partial charge on any atom is 0.220 e. The first-order valence-corrected chi connectivity index (χ1v) is 16.2. The van der Waals surface area contributed by atoms with E-state index in [2.05, 4.69) is 36.5 Å². The SMILES string of the molecule is CCC/C=C/C(O)C(COC1OC(CO)C(O)C(O)C1O)NC(=O)CCCCCCC/C=C\C/C=C\CCCCCC. The largest absolute Gasteiger partial charge is 0.394 e. The third-order valence-electron chi connectivity index (χ3n) is 7.44. The quantitative estimate of drug-likeness (QED) is 0.0716. The van der Waals surface area contributed by atoms with Gasteiger partial charge in [0.15, 0.2) is 6.29 Å². The molecular weight excluding hydrogens is 538 g/mol. The molecule has 1 saturated heterocycles. The van der Waals surface area contributed by atoms with Crippen molar-refractivity contribution in [1.29, 1.82) is 0 Å². The number of aliphatic hydroxyl groups excluding tert-OH is 5. The Hall–Kier alpha value is -1.59. The third kappa shape index (κ3) is 16.9. The van der Waals surface area contributed by atoms with Crippen LogP contribution in [0.25, 0.3) is 0 Å². The lowest BCUT2D eigenvalue weighted by Crippen LogP contribution is -2.60. The molecule has 244 valence electrons. The monoisotopic (exact) mass is 597 g/mol. The number of ether oxygens (including phenoxy) is 2. The molecule has 7 atom stereocenters. The van der Waals surface area contributed by atoms with E-state index in [-0.39, 0.29) is 12.5 Å². The number of amides is 1. The number of allylic oxidation sites excluding steroid dienone is 5. The first-order valence-electron chi connectivity index (χ1n) is 16.2. The Balaban J connectivity index is 2.34. The fraction of sp³-hybridized carbons (Fsp3) is 0.788. The van der Waals surface area contributed by atoms with Gasteiger partial charge in [0.2, 0.25) is 5.91 Å². The van der Waals surface area contributed by atoms with Gasteiger partial charge in [0.05, 0.1) is 25.4 Å². The van der Waals surface area contributed by atoms with Crippen LogP contribution in [0.3, 0.4) is 0 Å². The van der Waals surface area contributed by atoms with Crippen molar-refractivity contribution in [3.05, 3.63) is 36.5 Å². The van der Waals surface area contributed by atoms with Crippen LogP contribution in [0.5, 0.6) is 0 Å². The zero-order chi connectivity index (χ0) is 31.0. The molecule has 1 amide bonds. The second-order valence-corrected chi connectivity index (χ2v) is 11.2. The Bertz CT molecular complexity index is 756. The van der Waals surface area contributed by atoms with Crippen LogP contribution in [0.15, 0.2) is 36.5 Å². The number of aliphatic hydroxyl groups is 5. The summed E-state index contributed by atoms with van der Waals surface area (Å²) < 4.78 is 11.0. The molecule has 0 aromatic rings. The Kier molecular flexibility index (Phi) is 22.7.